The molecule has 1 aromatic rings. The molecule has 23 heavy (non-hydrogen) atoms. The molecule has 0 spiro atoms. The Labute approximate surface area is 147 Å². The Bertz CT molecular complexity index is 542. The van der Waals surface area contributed by atoms with Gasteiger partial charge in [0, 0.05) is 17.3 Å². The van der Waals surface area contributed by atoms with E-state index in [0.717, 1.165) is 29.3 Å². The zero-order valence-electron chi connectivity index (χ0n) is 15.9. The number of thioether (sulfide) groups is 1. The maximum atomic E-state index is 8.74. The van der Waals surface area contributed by atoms with Gasteiger partial charge in [-0.05, 0) is 55.6 Å². The lowest BCUT2D eigenvalue weighted by Gasteiger charge is -2.26. The molecule has 2 nitrogen and oxygen atoms in total. The summed E-state index contributed by atoms with van der Waals surface area (Å²) in [5, 5.41) is 9.79. The van der Waals surface area contributed by atoms with E-state index in [9.17, 15) is 0 Å². The molecule has 128 valence electrons. The molecule has 1 atom stereocenters. The Hall–Kier alpha value is -1.27. The molecule has 1 aliphatic rings. The van der Waals surface area contributed by atoms with Crippen molar-refractivity contribution in [1.29, 1.82) is 5.26 Å². The maximum Gasteiger partial charge on any atom is 0.104 e. The molecule has 1 aromatic heterocycles. The number of rotatable bonds is 3. The standard InChI is InChI=1S/C16H20N2S.2C2H6/c1-4-12-7-8-15-14(10-12)11(2)13(6-5-9-17)16(18-15)19-3;2*1-2/h5-6,12H,4,7-8,10H2,1-3H3;2*1-2H3/b6-5+;;. The van der Waals surface area contributed by atoms with Gasteiger partial charge in [-0.1, -0.05) is 41.0 Å². The van der Waals surface area contributed by atoms with Crippen LogP contribution in [0.4, 0.5) is 0 Å². The minimum Gasteiger partial charge on any atom is -0.246 e. The number of hydrogen-bond acceptors (Lipinski definition) is 3. The zero-order chi connectivity index (χ0) is 17.8. The molecule has 1 aliphatic carbocycles. The highest BCUT2D eigenvalue weighted by molar-refractivity contribution is 7.98. The summed E-state index contributed by atoms with van der Waals surface area (Å²) >= 11 is 1.67. The van der Waals surface area contributed by atoms with E-state index in [1.807, 2.05) is 33.8 Å². The highest BCUT2D eigenvalue weighted by atomic mass is 32.2. The Morgan fingerprint density at radius 1 is 1.30 bits per heavy atom. The molecule has 0 bridgehead atoms. The second-order valence-electron chi connectivity index (χ2n) is 5.06. The van der Waals surface area contributed by atoms with Gasteiger partial charge in [0.2, 0.25) is 0 Å². The van der Waals surface area contributed by atoms with E-state index < -0.39 is 0 Å². The second-order valence-corrected chi connectivity index (χ2v) is 5.86. The molecule has 0 fully saturated rings. The lowest BCUT2D eigenvalue weighted by molar-refractivity contribution is 0.437. The van der Waals surface area contributed by atoms with Crippen LogP contribution in [0.1, 0.15) is 69.8 Å². The van der Waals surface area contributed by atoms with Crippen LogP contribution in [0, 0.1) is 24.2 Å². The molecule has 2 rings (SSSR count). The molecule has 1 heterocycles. The van der Waals surface area contributed by atoms with Gasteiger partial charge in [0.05, 0.1) is 6.07 Å². The van der Waals surface area contributed by atoms with Gasteiger partial charge in [-0.3, -0.25) is 0 Å². The van der Waals surface area contributed by atoms with Crippen LogP contribution in [0.15, 0.2) is 11.1 Å². The number of fused-ring (bicyclic) bond motifs is 1. The van der Waals surface area contributed by atoms with Crippen LogP contribution in [0.25, 0.3) is 6.08 Å². The average molecular weight is 333 g/mol. The highest BCUT2D eigenvalue weighted by Crippen LogP contribution is 2.34. The van der Waals surface area contributed by atoms with Crippen molar-refractivity contribution in [3.05, 3.63) is 28.5 Å². The van der Waals surface area contributed by atoms with Crippen molar-refractivity contribution >= 4 is 17.8 Å². The highest BCUT2D eigenvalue weighted by Gasteiger charge is 2.22. The molecule has 1 unspecified atom stereocenters. The fourth-order valence-electron chi connectivity index (χ4n) is 2.82. The first kappa shape index (κ1) is 21.7. The molecule has 0 radical (unpaired) electrons. The van der Waals surface area contributed by atoms with Crippen molar-refractivity contribution in [2.75, 3.05) is 6.26 Å². The Balaban J connectivity index is 0.00000112. The molecule has 0 saturated heterocycles. The Morgan fingerprint density at radius 2 is 1.96 bits per heavy atom. The van der Waals surface area contributed by atoms with Crippen molar-refractivity contribution in [3.8, 4) is 6.07 Å². The van der Waals surface area contributed by atoms with E-state index in [2.05, 4.69) is 26.2 Å². The van der Waals surface area contributed by atoms with E-state index >= 15 is 0 Å². The van der Waals surface area contributed by atoms with Crippen molar-refractivity contribution in [3.63, 3.8) is 0 Å². The van der Waals surface area contributed by atoms with Gasteiger partial charge in [-0.15, -0.1) is 11.8 Å². The van der Waals surface area contributed by atoms with Crippen molar-refractivity contribution < 1.29 is 0 Å². The fraction of sp³-hybridized carbons (Fsp3) is 0.600. The van der Waals surface area contributed by atoms with Gasteiger partial charge < -0.3 is 0 Å². The van der Waals surface area contributed by atoms with Crippen molar-refractivity contribution in [2.24, 2.45) is 5.92 Å². The number of pyridine rings is 1. The third-order valence-corrected chi connectivity index (χ3v) is 4.75. The van der Waals surface area contributed by atoms with Crippen LogP contribution in [0.2, 0.25) is 0 Å². The van der Waals surface area contributed by atoms with E-state index in [4.69, 9.17) is 10.2 Å². The quantitative estimate of drug-likeness (QED) is 0.487. The summed E-state index contributed by atoms with van der Waals surface area (Å²) in [6.07, 6.45) is 10.3. The number of nitriles is 1. The average Bonchev–Trinajstić information content (AvgIpc) is 2.63. The number of allylic oxidation sites excluding steroid dienone is 1. The molecular weight excluding hydrogens is 300 g/mol. The van der Waals surface area contributed by atoms with E-state index in [1.165, 1.54) is 29.7 Å². The number of aryl methyl sites for hydroxylation is 1. The zero-order valence-corrected chi connectivity index (χ0v) is 16.7. The summed E-state index contributed by atoms with van der Waals surface area (Å²) in [4.78, 5) is 4.82. The summed E-state index contributed by atoms with van der Waals surface area (Å²) in [6.45, 7) is 12.4. The molecule has 0 saturated carbocycles. The van der Waals surface area contributed by atoms with Crippen molar-refractivity contribution in [2.45, 2.75) is 72.3 Å². The van der Waals surface area contributed by atoms with Gasteiger partial charge in [0.25, 0.3) is 0 Å². The third kappa shape index (κ3) is 5.70. The topological polar surface area (TPSA) is 36.7 Å². The lowest BCUT2D eigenvalue weighted by atomic mass is 9.82. The van der Waals surface area contributed by atoms with Crippen molar-refractivity contribution in [1.82, 2.24) is 4.98 Å². The first-order valence-electron chi connectivity index (χ1n) is 8.83. The predicted molar refractivity (Wildman–Crippen MR) is 104 cm³/mol. The molecule has 3 heteroatoms. The fourth-order valence-corrected chi connectivity index (χ4v) is 3.46. The number of nitrogens with zero attached hydrogens (tertiary/aromatic N) is 2. The monoisotopic (exact) mass is 332 g/mol. The minimum atomic E-state index is 0.793. The molecule has 0 aliphatic heterocycles. The van der Waals surface area contributed by atoms with Crippen LogP contribution in [0.5, 0.6) is 0 Å². The van der Waals surface area contributed by atoms with Crippen LogP contribution < -0.4 is 0 Å². The van der Waals surface area contributed by atoms with E-state index in [-0.39, 0.29) is 0 Å². The molecule has 0 aromatic carbocycles. The Morgan fingerprint density at radius 3 is 2.48 bits per heavy atom. The second kappa shape index (κ2) is 12.2. The summed E-state index contributed by atoms with van der Waals surface area (Å²) < 4.78 is 0. The SMILES string of the molecule is CC.CC.CCC1CCc2nc(SC)c(/C=C/C#N)c(C)c2C1. The summed E-state index contributed by atoms with van der Waals surface area (Å²) in [5.41, 5.74) is 5.15. The Kier molecular flexibility index (Phi) is 11.5. The van der Waals surface area contributed by atoms with Gasteiger partial charge in [0.15, 0.2) is 0 Å². The van der Waals surface area contributed by atoms with Gasteiger partial charge in [-0.2, -0.15) is 5.26 Å². The number of hydrogen-bond donors (Lipinski definition) is 0. The van der Waals surface area contributed by atoms with Gasteiger partial charge in [0.1, 0.15) is 5.03 Å². The van der Waals surface area contributed by atoms with Crippen LogP contribution >= 0.6 is 11.8 Å². The van der Waals surface area contributed by atoms with E-state index in [0.29, 0.717) is 0 Å². The predicted octanol–water partition coefficient (Wildman–Crippen LogP) is 6.22. The first-order chi connectivity index (χ1) is 11.2. The first-order valence-corrected chi connectivity index (χ1v) is 10.1. The normalized spacial score (nSPS) is 15.7. The van der Waals surface area contributed by atoms with Crippen LogP contribution in [-0.2, 0) is 12.8 Å². The molecule has 0 N–H and O–H groups in total. The molecule has 0 amide bonds. The molecular formula is C20H32N2S. The number of aromatic nitrogens is 1. The van der Waals surface area contributed by atoms with Crippen LogP contribution in [0.3, 0.4) is 0 Å². The smallest absolute Gasteiger partial charge is 0.104 e. The van der Waals surface area contributed by atoms with Crippen LogP contribution in [-0.4, -0.2) is 11.2 Å². The summed E-state index contributed by atoms with van der Waals surface area (Å²) in [7, 11) is 0. The summed E-state index contributed by atoms with van der Waals surface area (Å²) in [5.74, 6) is 0.793. The van der Waals surface area contributed by atoms with Gasteiger partial charge >= 0.3 is 0 Å². The van der Waals surface area contributed by atoms with Gasteiger partial charge in [-0.25, -0.2) is 4.98 Å². The maximum absolute atomic E-state index is 8.74. The largest absolute Gasteiger partial charge is 0.246 e. The third-order valence-electron chi connectivity index (χ3n) is 4.05. The summed E-state index contributed by atoms with van der Waals surface area (Å²) in [6, 6.07) is 2.08. The van der Waals surface area contributed by atoms with E-state index in [1.54, 1.807) is 17.8 Å². The lowest BCUT2D eigenvalue weighted by Crippen LogP contribution is -2.17. The minimum absolute atomic E-state index is 0.793.